The van der Waals surface area contributed by atoms with E-state index in [2.05, 4.69) is 10.3 Å². The lowest BCUT2D eigenvalue weighted by Crippen LogP contribution is -2.58. The number of imidazole rings is 1. The van der Waals surface area contributed by atoms with Crippen LogP contribution in [0.4, 0.5) is 8.78 Å². The quantitative estimate of drug-likeness (QED) is 0.402. The SMILES string of the molecule is Cc1nc2c(OCc3cccc(F)c3F)cccn2c1C(=O)NC1(c2ccccc2)COC(C)(C)OC1. The molecule has 0 spiro atoms. The van der Waals surface area contributed by atoms with Crippen molar-refractivity contribution >= 4 is 11.6 Å². The zero-order valence-corrected chi connectivity index (χ0v) is 20.8. The van der Waals surface area contributed by atoms with Gasteiger partial charge < -0.3 is 19.5 Å². The molecule has 37 heavy (non-hydrogen) atoms. The third-order valence-electron chi connectivity index (χ3n) is 6.43. The van der Waals surface area contributed by atoms with Crippen molar-refractivity contribution in [3.8, 4) is 5.75 Å². The van der Waals surface area contributed by atoms with Gasteiger partial charge >= 0.3 is 0 Å². The molecule has 192 valence electrons. The van der Waals surface area contributed by atoms with Gasteiger partial charge in [0, 0.05) is 11.8 Å². The summed E-state index contributed by atoms with van der Waals surface area (Å²) in [7, 11) is 0. The van der Waals surface area contributed by atoms with Gasteiger partial charge in [-0.1, -0.05) is 42.5 Å². The maximum Gasteiger partial charge on any atom is 0.271 e. The molecule has 1 N–H and O–H groups in total. The maximum atomic E-state index is 14.1. The van der Waals surface area contributed by atoms with E-state index in [1.165, 1.54) is 12.1 Å². The van der Waals surface area contributed by atoms with Gasteiger partial charge in [0.25, 0.3) is 5.91 Å². The average molecular weight is 508 g/mol. The third-order valence-corrected chi connectivity index (χ3v) is 6.43. The Morgan fingerprint density at radius 2 is 1.78 bits per heavy atom. The summed E-state index contributed by atoms with van der Waals surface area (Å²) in [5.41, 5.74) is 1.20. The second kappa shape index (κ2) is 9.57. The summed E-state index contributed by atoms with van der Waals surface area (Å²) in [5.74, 6) is -2.71. The molecule has 1 saturated heterocycles. The van der Waals surface area contributed by atoms with Crippen molar-refractivity contribution in [3.05, 3.63) is 101 Å². The van der Waals surface area contributed by atoms with Crippen LogP contribution < -0.4 is 10.1 Å². The van der Waals surface area contributed by atoms with E-state index in [-0.39, 0.29) is 31.3 Å². The molecule has 0 radical (unpaired) electrons. The highest BCUT2D eigenvalue weighted by atomic mass is 19.2. The molecular formula is C28H27F2N3O4. The molecule has 1 amide bonds. The van der Waals surface area contributed by atoms with Gasteiger partial charge in [-0.15, -0.1) is 0 Å². The smallest absolute Gasteiger partial charge is 0.271 e. The number of ether oxygens (including phenoxy) is 3. The standard InChI is InChI=1S/C28H27F2N3O4/c1-18-24(26(34)32-28(20-10-5-4-6-11-20)16-36-27(2,3)37-17-28)33-14-8-13-22(25(33)31-18)35-15-19-9-7-12-21(29)23(19)30/h4-14H,15-17H2,1-3H3,(H,32,34). The number of hydrogen-bond donors (Lipinski definition) is 1. The van der Waals surface area contributed by atoms with E-state index < -0.39 is 23.0 Å². The second-order valence-corrected chi connectivity index (χ2v) is 9.49. The Balaban J connectivity index is 1.45. The number of carbonyl (C=O) groups is 1. The molecule has 9 heteroatoms. The van der Waals surface area contributed by atoms with E-state index in [0.29, 0.717) is 22.8 Å². The molecule has 0 unspecified atom stereocenters. The summed E-state index contributed by atoms with van der Waals surface area (Å²) in [6.07, 6.45) is 1.70. The van der Waals surface area contributed by atoms with Crippen LogP contribution in [-0.4, -0.2) is 34.3 Å². The van der Waals surface area contributed by atoms with Crippen LogP contribution in [0.3, 0.4) is 0 Å². The van der Waals surface area contributed by atoms with Crippen molar-refractivity contribution in [2.75, 3.05) is 13.2 Å². The van der Waals surface area contributed by atoms with Gasteiger partial charge in [0.05, 0.1) is 18.9 Å². The van der Waals surface area contributed by atoms with Crippen LogP contribution in [0.5, 0.6) is 5.75 Å². The topological polar surface area (TPSA) is 74.1 Å². The van der Waals surface area contributed by atoms with Crippen molar-refractivity contribution < 1.29 is 27.8 Å². The Hall–Kier alpha value is -3.82. The van der Waals surface area contributed by atoms with E-state index >= 15 is 0 Å². The molecule has 3 heterocycles. The fraction of sp³-hybridized carbons (Fsp3) is 0.286. The fourth-order valence-corrected chi connectivity index (χ4v) is 4.38. The number of amides is 1. The Labute approximate surface area is 213 Å². The first-order valence-corrected chi connectivity index (χ1v) is 11.9. The average Bonchev–Trinajstić information content (AvgIpc) is 3.23. The number of hydrogen-bond acceptors (Lipinski definition) is 5. The summed E-state index contributed by atoms with van der Waals surface area (Å²) in [5, 5.41) is 3.13. The minimum atomic E-state index is -0.958. The highest BCUT2D eigenvalue weighted by Crippen LogP contribution is 2.32. The van der Waals surface area contributed by atoms with Crippen molar-refractivity contribution in [2.24, 2.45) is 0 Å². The first-order chi connectivity index (χ1) is 17.7. The van der Waals surface area contributed by atoms with Crippen LogP contribution in [0.2, 0.25) is 0 Å². The number of carbonyl (C=O) groups excluding carboxylic acids is 1. The van der Waals surface area contributed by atoms with Gasteiger partial charge in [0.15, 0.2) is 28.8 Å². The van der Waals surface area contributed by atoms with Gasteiger partial charge in [-0.3, -0.25) is 9.20 Å². The normalized spacial score (nSPS) is 16.5. The number of nitrogens with zero attached hydrogens (tertiary/aromatic N) is 2. The molecule has 2 aromatic heterocycles. The van der Waals surface area contributed by atoms with Crippen molar-refractivity contribution in [3.63, 3.8) is 0 Å². The van der Waals surface area contributed by atoms with E-state index in [9.17, 15) is 13.6 Å². The monoisotopic (exact) mass is 507 g/mol. The van der Waals surface area contributed by atoms with Gasteiger partial charge in [0.2, 0.25) is 0 Å². The van der Waals surface area contributed by atoms with E-state index in [4.69, 9.17) is 14.2 Å². The third kappa shape index (κ3) is 4.80. The van der Waals surface area contributed by atoms with Gasteiger partial charge in [0.1, 0.15) is 17.8 Å². The van der Waals surface area contributed by atoms with Crippen molar-refractivity contribution in [1.82, 2.24) is 14.7 Å². The molecule has 0 aliphatic carbocycles. The first-order valence-electron chi connectivity index (χ1n) is 11.9. The van der Waals surface area contributed by atoms with Crippen LogP contribution >= 0.6 is 0 Å². The predicted molar refractivity (Wildman–Crippen MR) is 132 cm³/mol. The van der Waals surface area contributed by atoms with Crippen LogP contribution in [0.25, 0.3) is 5.65 Å². The number of nitrogens with one attached hydrogen (secondary N) is 1. The number of benzene rings is 2. The molecule has 1 aliphatic heterocycles. The van der Waals surface area contributed by atoms with E-state index in [0.717, 1.165) is 11.6 Å². The number of halogens is 2. The van der Waals surface area contributed by atoms with Gasteiger partial charge in [-0.25, -0.2) is 13.8 Å². The zero-order chi connectivity index (χ0) is 26.2. The maximum absolute atomic E-state index is 14.1. The minimum absolute atomic E-state index is 0.0771. The van der Waals surface area contributed by atoms with Crippen LogP contribution in [0, 0.1) is 18.6 Å². The Morgan fingerprint density at radius 3 is 2.51 bits per heavy atom. The number of pyridine rings is 1. The number of aryl methyl sites for hydroxylation is 1. The highest BCUT2D eigenvalue weighted by molar-refractivity contribution is 5.95. The van der Waals surface area contributed by atoms with E-state index in [1.807, 2.05) is 44.2 Å². The Bertz CT molecular complexity index is 1440. The number of fused-ring (bicyclic) bond motifs is 1. The summed E-state index contributed by atoms with van der Waals surface area (Å²) >= 11 is 0. The minimum Gasteiger partial charge on any atom is -0.485 e. The molecule has 1 fully saturated rings. The highest BCUT2D eigenvalue weighted by Gasteiger charge is 2.43. The summed E-state index contributed by atoms with van der Waals surface area (Å²) < 4.78 is 47.0. The van der Waals surface area contributed by atoms with Gasteiger partial charge in [-0.05, 0) is 44.5 Å². The lowest BCUT2D eigenvalue weighted by Gasteiger charge is -2.44. The van der Waals surface area contributed by atoms with Gasteiger partial charge in [-0.2, -0.15) is 0 Å². The Kier molecular flexibility index (Phi) is 6.43. The lowest BCUT2D eigenvalue weighted by molar-refractivity contribution is -0.272. The molecule has 2 aromatic carbocycles. The number of aromatic nitrogens is 2. The molecule has 1 aliphatic rings. The molecule has 5 rings (SSSR count). The molecule has 0 bridgehead atoms. The fourth-order valence-electron chi connectivity index (χ4n) is 4.38. The second-order valence-electron chi connectivity index (χ2n) is 9.49. The van der Waals surface area contributed by atoms with Crippen molar-refractivity contribution in [1.29, 1.82) is 0 Å². The predicted octanol–water partition coefficient (Wildman–Crippen LogP) is 4.91. The molecule has 4 aromatic rings. The van der Waals surface area contributed by atoms with Crippen LogP contribution in [0.15, 0.2) is 66.9 Å². The summed E-state index contributed by atoms with van der Waals surface area (Å²) in [6.45, 7) is 5.63. The van der Waals surface area contributed by atoms with Crippen LogP contribution in [0.1, 0.15) is 41.2 Å². The summed E-state index contributed by atoms with van der Waals surface area (Å²) in [6, 6.07) is 16.8. The Morgan fingerprint density at radius 1 is 1.05 bits per heavy atom. The zero-order valence-electron chi connectivity index (χ0n) is 20.8. The number of rotatable bonds is 6. The summed E-state index contributed by atoms with van der Waals surface area (Å²) in [4.78, 5) is 18.3. The first kappa shape index (κ1) is 24.9. The van der Waals surface area contributed by atoms with Crippen LogP contribution in [-0.2, 0) is 21.6 Å². The largest absolute Gasteiger partial charge is 0.485 e. The molecule has 0 atom stereocenters. The molecular weight excluding hydrogens is 480 g/mol. The van der Waals surface area contributed by atoms with E-state index in [1.54, 1.807) is 29.7 Å². The lowest BCUT2D eigenvalue weighted by atomic mass is 9.90. The molecule has 7 nitrogen and oxygen atoms in total. The molecule has 0 saturated carbocycles. The van der Waals surface area contributed by atoms with Crippen molar-refractivity contribution in [2.45, 2.75) is 38.7 Å².